The molecule has 1 aromatic heterocycles. The number of nitrogens with two attached hydrogens (primary N) is 1. The van der Waals surface area contributed by atoms with Gasteiger partial charge in [0.1, 0.15) is 10.6 Å². The fourth-order valence-corrected chi connectivity index (χ4v) is 7.09. The molecular weight excluding hydrogens is 623 g/mol. The molecule has 0 amide bonds. The fourth-order valence-electron chi connectivity index (χ4n) is 5.67. The SMILES string of the molecule is NCc1ccc(OS(=O)(=O)c2ccccc2)c(C(CCc2ccc3[nH]c(S(=O)(=O)O)nc3c2-c2ccccc2)c2ccccc2)c1. The van der Waals surface area contributed by atoms with Gasteiger partial charge in [-0.15, -0.1) is 0 Å². The van der Waals surface area contributed by atoms with Crippen molar-refractivity contribution in [1.29, 1.82) is 0 Å². The monoisotopic (exact) mass is 653 g/mol. The van der Waals surface area contributed by atoms with Crippen molar-refractivity contribution in [2.45, 2.75) is 35.4 Å². The van der Waals surface area contributed by atoms with Crippen LogP contribution in [-0.2, 0) is 33.2 Å². The lowest BCUT2D eigenvalue weighted by atomic mass is 9.84. The van der Waals surface area contributed by atoms with E-state index in [1.807, 2.05) is 72.8 Å². The number of nitrogens with one attached hydrogen (secondary N) is 1. The quantitative estimate of drug-likeness (QED) is 0.106. The van der Waals surface area contributed by atoms with Crippen LogP contribution in [0.15, 0.2) is 131 Å². The van der Waals surface area contributed by atoms with Gasteiger partial charge in [-0.25, -0.2) is 4.98 Å². The van der Waals surface area contributed by atoms with E-state index in [4.69, 9.17) is 9.92 Å². The second-order valence-electron chi connectivity index (χ2n) is 10.8. The van der Waals surface area contributed by atoms with Crippen LogP contribution in [0, 0.1) is 0 Å². The number of hydrogen-bond acceptors (Lipinski definition) is 7. The molecule has 0 aliphatic rings. The molecule has 1 heterocycles. The van der Waals surface area contributed by atoms with Crippen LogP contribution < -0.4 is 9.92 Å². The van der Waals surface area contributed by atoms with E-state index in [0.717, 1.165) is 27.8 Å². The molecule has 0 radical (unpaired) electrons. The van der Waals surface area contributed by atoms with Gasteiger partial charge in [0, 0.05) is 23.6 Å². The lowest BCUT2D eigenvalue weighted by Gasteiger charge is -2.23. The van der Waals surface area contributed by atoms with Crippen molar-refractivity contribution >= 4 is 31.3 Å². The zero-order chi connectivity index (χ0) is 32.3. The standard InChI is InChI=1S/C35H31N3O6S2/c36-23-24-16-21-32(44-46(42,43)28-14-8-3-9-15-28)30(22-24)29(25-10-4-1-5-11-25)19-17-27-18-20-31-34(38-35(37-31)45(39,40)41)33(27)26-12-6-2-7-13-26/h1-16,18,20-22,29H,17,19,23,36H2,(H,37,38)(H,39,40,41). The molecule has 234 valence electrons. The molecule has 46 heavy (non-hydrogen) atoms. The smallest absolute Gasteiger partial charge is 0.339 e. The third kappa shape index (κ3) is 6.58. The summed E-state index contributed by atoms with van der Waals surface area (Å²) >= 11 is 0. The Balaban J connectivity index is 1.45. The first-order valence-corrected chi connectivity index (χ1v) is 17.4. The number of H-pyrrole nitrogens is 1. The van der Waals surface area contributed by atoms with Gasteiger partial charge in [0.25, 0.3) is 5.16 Å². The van der Waals surface area contributed by atoms with Crippen LogP contribution in [0.1, 0.15) is 34.6 Å². The van der Waals surface area contributed by atoms with E-state index in [1.54, 1.807) is 36.4 Å². The van der Waals surface area contributed by atoms with E-state index in [-0.39, 0.29) is 23.1 Å². The molecule has 6 rings (SSSR count). The van der Waals surface area contributed by atoms with E-state index in [9.17, 15) is 21.4 Å². The Hall–Kier alpha value is -4.81. The van der Waals surface area contributed by atoms with Crippen LogP contribution in [-0.4, -0.2) is 31.4 Å². The summed E-state index contributed by atoms with van der Waals surface area (Å²) in [7, 11) is -8.69. The summed E-state index contributed by atoms with van der Waals surface area (Å²) in [5.41, 5.74) is 11.8. The van der Waals surface area contributed by atoms with Crippen LogP contribution in [0.25, 0.3) is 22.2 Å². The number of rotatable bonds is 11. The Morgan fingerprint density at radius 2 is 1.46 bits per heavy atom. The summed E-state index contributed by atoms with van der Waals surface area (Å²) < 4.78 is 66.0. The minimum absolute atomic E-state index is 0.0455. The number of imidazole rings is 1. The van der Waals surface area contributed by atoms with E-state index in [1.165, 1.54) is 12.1 Å². The number of aromatic amines is 1. The maximum atomic E-state index is 13.3. The van der Waals surface area contributed by atoms with E-state index >= 15 is 0 Å². The molecule has 5 aromatic carbocycles. The average molecular weight is 654 g/mol. The summed E-state index contributed by atoms with van der Waals surface area (Å²) in [6.07, 6.45) is 1.03. The largest absolute Gasteiger partial charge is 0.379 e. The molecule has 0 aliphatic heterocycles. The Morgan fingerprint density at radius 3 is 2.11 bits per heavy atom. The van der Waals surface area contributed by atoms with Crippen molar-refractivity contribution in [2.75, 3.05) is 0 Å². The number of aryl methyl sites for hydroxylation is 1. The van der Waals surface area contributed by atoms with Crippen LogP contribution >= 0.6 is 0 Å². The molecule has 1 unspecified atom stereocenters. The number of benzene rings is 5. The van der Waals surface area contributed by atoms with E-state index < -0.39 is 25.4 Å². The first-order valence-electron chi connectivity index (χ1n) is 14.6. The van der Waals surface area contributed by atoms with Crippen molar-refractivity contribution in [1.82, 2.24) is 9.97 Å². The molecule has 0 bridgehead atoms. The summed E-state index contributed by atoms with van der Waals surface area (Å²) in [6.45, 7) is 0.254. The fraction of sp³-hybridized carbons (Fsp3) is 0.114. The second-order valence-corrected chi connectivity index (χ2v) is 13.7. The van der Waals surface area contributed by atoms with Crippen molar-refractivity contribution in [3.8, 4) is 16.9 Å². The molecule has 0 spiro atoms. The minimum atomic E-state index is -4.56. The van der Waals surface area contributed by atoms with Crippen LogP contribution in [0.5, 0.6) is 5.75 Å². The molecule has 4 N–H and O–H groups in total. The van der Waals surface area contributed by atoms with Crippen molar-refractivity contribution < 1.29 is 25.6 Å². The zero-order valence-electron chi connectivity index (χ0n) is 24.6. The zero-order valence-corrected chi connectivity index (χ0v) is 26.2. The third-order valence-electron chi connectivity index (χ3n) is 7.85. The Bertz CT molecular complexity index is 2210. The molecule has 1 atom stereocenters. The van der Waals surface area contributed by atoms with Crippen molar-refractivity contribution in [3.63, 3.8) is 0 Å². The molecular formula is C35H31N3O6S2. The first-order chi connectivity index (χ1) is 22.1. The summed E-state index contributed by atoms with van der Waals surface area (Å²) in [6, 6.07) is 36.2. The van der Waals surface area contributed by atoms with Crippen LogP contribution in [0.4, 0.5) is 0 Å². The van der Waals surface area contributed by atoms with Gasteiger partial charge >= 0.3 is 20.2 Å². The molecule has 6 aromatic rings. The Morgan fingerprint density at radius 1 is 0.804 bits per heavy atom. The maximum Gasteiger partial charge on any atom is 0.339 e. The predicted molar refractivity (Wildman–Crippen MR) is 177 cm³/mol. The van der Waals surface area contributed by atoms with Gasteiger partial charge in [0.05, 0.1) is 11.0 Å². The topological polar surface area (TPSA) is 152 Å². The van der Waals surface area contributed by atoms with Gasteiger partial charge in [0.2, 0.25) is 0 Å². The number of aromatic nitrogens is 2. The van der Waals surface area contributed by atoms with Crippen molar-refractivity contribution in [3.05, 3.63) is 144 Å². The number of nitrogens with zero attached hydrogens (tertiary/aromatic N) is 1. The third-order valence-corrected chi connectivity index (χ3v) is 9.78. The number of hydrogen-bond donors (Lipinski definition) is 3. The lowest BCUT2D eigenvalue weighted by molar-refractivity contribution is 0.475. The van der Waals surface area contributed by atoms with Crippen LogP contribution in [0.3, 0.4) is 0 Å². The summed E-state index contributed by atoms with van der Waals surface area (Å²) in [5, 5.41) is -0.529. The van der Waals surface area contributed by atoms with Gasteiger partial charge in [0.15, 0.2) is 0 Å². The van der Waals surface area contributed by atoms with Gasteiger partial charge in [-0.05, 0) is 59.4 Å². The number of fused-ring (bicyclic) bond motifs is 1. The predicted octanol–water partition coefficient (Wildman–Crippen LogP) is 6.47. The van der Waals surface area contributed by atoms with Gasteiger partial charge in [-0.3, -0.25) is 4.55 Å². The maximum absolute atomic E-state index is 13.3. The van der Waals surface area contributed by atoms with E-state index in [0.29, 0.717) is 29.4 Å². The molecule has 9 nitrogen and oxygen atoms in total. The molecule has 0 saturated heterocycles. The molecule has 11 heteroatoms. The highest BCUT2D eigenvalue weighted by Crippen LogP contribution is 2.39. The molecule has 0 fully saturated rings. The van der Waals surface area contributed by atoms with E-state index in [2.05, 4.69) is 9.97 Å². The average Bonchev–Trinajstić information content (AvgIpc) is 3.52. The lowest BCUT2D eigenvalue weighted by Crippen LogP contribution is -2.14. The normalized spacial score (nSPS) is 12.7. The Labute approximate surface area is 267 Å². The molecule has 0 saturated carbocycles. The summed E-state index contributed by atoms with van der Waals surface area (Å²) in [4.78, 5) is 7.03. The molecule has 0 aliphatic carbocycles. The van der Waals surface area contributed by atoms with Gasteiger partial charge in [-0.1, -0.05) is 97.1 Å². The van der Waals surface area contributed by atoms with Crippen molar-refractivity contribution in [2.24, 2.45) is 5.73 Å². The highest BCUT2D eigenvalue weighted by Gasteiger charge is 2.25. The minimum Gasteiger partial charge on any atom is -0.379 e. The van der Waals surface area contributed by atoms with Gasteiger partial charge < -0.3 is 14.9 Å². The highest BCUT2D eigenvalue weighted by atomic mass is 32.2. The highest BCUT2D eigenvalue weighted by molar-refractivity contribution is 7.87. The second kappa shape index (κ2) is 12.9. The first kappa shape index (κ1) is 31.2. The van der Waals surface area contributed by atoms with Crippen LogP contribution in [0.2, 0.25) is 0 Å². The summed E-state index contributed by atoms with van der Waals surface area (Å²) in [5.74, 6) is -0.0979. The Kier molecular flexibility index (Phi) is 8.74. The van der Waals surface area contributed by atoms with Gasteiger partial charge in [-0.2, -0.15) is 16.8 Å².